The molecule has 0 aliphatic heterocycles. The van der Waals surface area contributed by atoms with Crippen LogP contribution >= 0.6 is 0 Å². The van der Waals surface area contributed by atoms with Crippen molar-refractivity contribution in [1.82, 2.24) is 10.2 Å². The lowest BCUT2D eigenvalue weighted by Crippen LogP contribution is -2.58. The zero-order valence-electron chi connectivity index (χ0n) is 12.7. The second-order valence-electron chi connectivity index (χ2n) is 6.82. The summed E-state index contributed by atoms with van der Waals surface area (Å²) in [5.41, 5.74) is 0.435. The molecule has 17 heavy (non-hydrogen) atoms. The molecule has 0 aromatic rings. The zero-order chi connectivity index (χ0) is 13.1. The van der Waals surface area contributed by atoms with Crippen LogP contribution in [0.1, 0.15) is 53.9 Å². The van der Waals surface area contributed by atoms with Crippen LogP contribution in [0.4, 0.5) is 0 Å². The standard InChI is InChI=1S/C15H32N2/c1-7-16-14-13(17(6)11-12(2)3)9-8-10-15(14,4)5/h12-14,16H,7-11H2,1-6H3. The molecule has 0 saturated heterocycles. The minimum absolute atomic E-state index is 0.435. The van der Waals surface area contributed by atoms with E-state index < -0.39 is 0 Å². The van der Waals surface area contributed by atoms with E-state index in [9.17, 15) is 0 Å². The summed E-state index contributed by atoms with van der Waals surface area (Å²) in [6.45, 7) is 14.0. The van der Waals surface area contributed by atoms with E-state index in [-0.39, 0.29) is 0 Å². The van der Waals surface area contributed by atoms with Gasteiger partial charge in [0, 0.05) is 18.6 Å². The first-order valence-electron chi connectivity index (χ1n) is 7.32. The smallest absolute Gasteiger partial charge is 0.0274 e. The Morgan fingerprint density at radius 1 is 1.35 bits per heavy atom. The highest BCUT2D eigenvalue weighted by Gasteiger charge is 2.39. The number of nitrogens with one attached hydrogen (secondary N) is 1. The third-order valence-electron chi connectivity index (χ3n) is 4.19. The van der Waals surface area contributed by atoms with E-state index in [0.29, 0.717) is 17.5 Å². The van der Waals surface area contributed by atoms with Crippen LogP contribution in [0.2, 0.25) is 0 Å². The van der Waals surface area contributed by atoms with Crippen molar-refractivity contribution >= 4 is 0 Å². The number of hydrogen-bond acceptors (Lipinski definition) is 2. The summed E-state index contributed by atoms with van der Waals surface area (Å²) in [5.74, 6) is 0.757. The minimum atomic E-state index is 0.435. The molecule has 0 aromatic carbocycles. The summed E-state index contributed by atoms with van der Waals surface area (Å²) in [4.78, 5) is 2.58. The molecule has 1 aliphatic carbocycles. The molecular formula is C15H32N2. The van der Waals surface area contributed by atoms with Crippen molar-refractivity contribution in [3.63, 3.8) is 0 Å². The van der Waals surface area contributed by atoms with Gasteiger partial charge in [0.25, 0.3) is 0 Å². The second kappa shape index (κ2) is 6.19. The third-order valence-corrected chi connectivity index (χ3v) is 4.19. The van der Waals surface area contributed by atoms with Crippen LogP contribution in [0, 0.1) is 11.3 Å². The maximum absolute atomic E-state index is 3.74. The van der Waals surface area contributed by atoms with E-state index >= 15 is 0 Å². The highest BCUT2D eigenvalue weighted by Crippen LogP contribution is 2.37. The Morgan fingerprint density at radius 2 is 2.00 bits per heavy atom. The van der Waals surface area contributed by atoms with Crippen molar-refractivity contribution in [2.45, 2.75) is 66.0 Å². The van der Waals surface area contributed by atoms with Gasteiger partial charge in [-0.1, -0.05) is 41.0 Å². The quantitative estimate of drug-likeness (QED) is 0.794. The van der Waals surface area contributed by atoms with E-state index in [2.05, 4.69) is 51.9 Å². The van der Waals surface area contributed by atoms with Gasteiger partial charge in [-0.3, -0.25) is 0 Å². The average molecular weight is 240 g/mol. The molecule has 2 heteroatoms. The lowest BCUT2D eigenvalue weighted by Gasteiger charge is -2.48. The molecular weight excluding hydrogens is 208 g/mol. The maximum Gasteiger partial charge on any atom is 0.0274 e. The Balaban J connectivity index is 2.72. The van der Waals surface area contributed by atoms with Gasteiger partial charge in [0.15, 0.2) is 0 Å². The fraction of sp³-hybridized carbons (Fsp3) is 1.00. The molecule has 1 rings (SSSR count). The third kappa shape index (κ3) is 3.96. The lowest BCUT2D eigenvalue weighted by molar-refractivity contribution is 0.0579. The van der Waals surface area contributed by atoms with Crippen molar-refractivity contribution in [2.75, 3.05) is 20.1 Å². The Hall–Kier alpha value is -0.0800. The summed E-state index contributed by atoms with van der Waals surface area (Å²) in [6.07, 6.45) is 4.09. The first kappa shape index (κ1) is 15.0. The fourth-order valence-electron chi connectivity index (χ4n) is 3.43. The Labute approximate surface area is 108 Å². The van der Waals surface area contributed by atoms with Crippen molar-refractivity contribution in [3.05, 3.63) is 0 Å². The van der Waals surface area contributed by atoms with Crippen LogP contribution in [0.15, 0.2) is 0 Å². The maximum atomic E-state index is 3.74. The van der Waals surface area contributed by atoms with Crippen molar-refractivity contribution in [1.29, 1.82) is 0 Å². The molecule has 1 N–H and O–H groups in total. The van der Waals surface area contributed by atoms with Gasteiger partial charge in [0.05, 0.1) is 0 Å². The van der Waals surface area contributed by atoms with Crippen LogP contribution in [-0.4, -0.2) is 37.1 Å². The summed E-state index contributed by atoms with van der Waals surface area (Å²) in [7, 11) is 2.30. The Morgan fingerprint density at radius 3 is 2.53 bits per heavy atom. The van der Waals surface area contributed by atoms with E-state index in [4.69, 9.17) is 0 Å². The van der Waals surface area contributed by atoms with Crippen molar-refractivity contribution in [2.24, 2.45) is 11.3 Å². The van der Waals surface area contributed by atoms with Gasteiger partial charge >= 0.3 is 0 Å². The summed E-state index contributed by atoms with van der Waals surface area (Å²) < 4.78 is 0. The SMILES string of the molecule is CCNC1C(N(C)CC(C)C)CCCC1(C)C. The fourth-order valence-corrected chi connectivity index (χ4v) is 3.43. The molecule has 1 fully saturated rings. The molecule has 102 valence electrons. The van der Waals surface area contributed by atoms with Crippen molar-refractivity contribution in [3.8, 4) is 0 Å². The number of likely N-dealkylation sites (N-methyl/N-ethyl adjacent to an activating group) is 2. The molecule has 2 atom stereocenters. The molecule has 2 unspecified atom stereocenters. The van der Waals surface area contributed by atoms with Crippen LogP contribution in [-0.2, 0) is 0 Å². The number of rotatable bonds is 5. The van der Waals surface area contributed by atoms with Gasteiger partial charge in [-0.2, -0.15) is 0 Å². The predicted molar refractivity (Wildman–Crippen MR) is 76.4 cm³/mol. The van der Waals surface area contributed by atoms with E-state index in [0.717, 1.165) is 12.5 Å². The number of hydrogen-bond donors (Lipinski definition) is 1. The van der Waals surface area contributed by atoms with Gasteiger partial charge in [-0.15, -0.1) is 0 Å². The molecule has 1 saturated carbocycles. The first-order valence-corrected chi connectivity index (χ1v) is 7.32. The largest absolute Gasteiger partial charge is 0.312 e. The van der Waals surface area contributed by atoms with Crippen LogP contribution in [0.25, 0.3) is 0 Å². The average Bonchev–Trinajstić information content (AvgIpc) is 2.19. The van der Waals surface area contributed by atoms with Gasteiger partial charge in [0.2, 0.25) is 0 Å². The summed E-state index contributed by atoms with van der Waals surface area (Å²) in [5, 5.41) is 3.74. The molecule has 0 amide bonds. The molecule has 1 aliphatic rings. The van der Waals surface area contributed by atoms with E-state index in [1.54, 1.807) is 0 Å². The predicted octanol–water partition coefficient (Wildman–Crippen LogP) is 3.13. The zero-order valence-corrected chi connectivity index (χ0v) is 12.7. The molecule has 0 heterocycles. The molecule has 0 bridgehead atoms. The van der Waals surface area contributed by atoms with Crippen molar-refractivity contribution < 1.29 is 0 Å². The molecule has 0 radical (unpaired) electrons. The van der Waals surface area contributed by atoms with Crippen LogP contribution in [0.5, 0.6) is 0 Å². The van der Waals surface area contributed by atoms with Gasteiger partial charge in [-0.05, 0) is 37.8 Å². The normalized spacial score (nSPS) is 28.9. The molecule has 2 nitrogen and oxygen atoms in total. The van der Waals surface area contributed by atoms with E-state index in [1.807, 2.05) is 0 Å². The van der Waals surface area contributed by atoms with Gasteiger partial charge in [-0.25, -0.2) is 0 Å². The second-order valence-corrected chi connectivity index (χ2v) is 6.82. The topological polar surface area (TPSA) is 15.3 Å². The summed E-state index contributed by atoms with van der Waals surface area (Å²) in [6, 6.07) is 1.35. The van der Waals surface area contributed by atoms with Crippen LogP contribution in [0.3, 0.4) is 0 Å². The number of nitrogens with zero attached hydrogens (tertiary/aromatic N) is 1. The lowest BCUT2D eigenvalue weighted by atomic mass is 9.70. The molecule has 0 aromatic heterocycles. The highest BCUT2D eigenvalue weighted by atomic mass is 15.2. The van der Waals surface area contributed by atoms with Gasteiger partial charge in [0.1, 0.15) is 0 Å². The minimum Gasteiger partial charge on any atom is -0.312 e. The monoisotopic (exact) mass is 240 g/mol. The molecule has 0 spiro atoms. The van der Waals surface area contributed by atoms with Crippen LogP contribution < -0.4 is 5.32 Å². The highest BCUT2D eigenvalue weighted by molar-refractivity contribution is 4.97. The Kier molecular flexibility index (Phi) is 5.46. The van der Waals surface area contributed by atoms with Gasteiger partial charge < -0.3 is 10.2 Å². The van der Waals surface area contributed by atoms with E-state index in [1.165, 1.54) is 25.8 Å². The first-order chi connectivity index (χ1) is 7.88. The summed E-state index contributed by atoms with van der Waals surface area (Å²) >= 11 is 0. The Bertz CT molecular complexity index is 223.